The van der Waals surface area contributed by atoms with Gasteiger partial charge in [-0.1, -0.05) is 6.42 Å². The summed E-state index contributed by atoms with van der Waals surface area (Å²) in [6.07, 6.45) is 2.57. The minimum Gasteiger partial charge on any atom is -0.481 e. The Labute approximate surface area is 95.6 Å². The highest BCUT2D eigenvalue weighted by Gasteiger charge is 2.32. The third kappa shape index (κ3) is 3.20. The Morgan fingerprint density at radius 2 is 2.12 bits per heavy atom. The molecule has 0 saturated heterocycles. The predicted octanol–water partition coefficient (Wildman–Crippen LogP) is 0.211. The SMILES string of the molecule is CNC(C)C(=O)NCC1CCCC1C(=O)O. The molecule has 1 fully saturated rings. The first-order chi connectivity index (χ1) is 7.56. The number of carbonyl (C=O) groups is 2. The van der Waals surface area contributed by atoms with Crippen LogP contribution in [0.5, 0.6) is 0 Å². The molecule has 3 N–H and O–H groups in total. The Morgan fingerprint density at radius 3 is 2.69 bits per heavy atom. The molecular weight excluding hydrogens is 208 g/mol. The lowest BCUT2D eigenvalue weighted by Crippen LogP contribution is -2.43. The second-order valence-corrected chi connectivity index (χ2v) is 4.39. The highest BCUT2D eigenvalue weighted by atomic mass is 16.4. The molecule has 16 heavy (non-hydrogen) atoms. The number of nitrogens with one attached hydrogen (secondary N) is 2. The fourth-order valence-corrected chi connectivity index (χ4v) is 2.12. The van der Waals surface area contributed by atoms with Crippen molar-refractivity contribution in [2.75, 3.05) is 13.6 Å². The van der Waals surface area contributed by atoms with Crippen LogP contribution >= 0.6 is 0 Å². The van der Waals surface area contributed by atoms with Crippen molar-refractivity contribution in [3.05, 3.63) is 0 Å². The van der Waals surface area contributed by atoms with Crippen LogP contribution in [0, 0.1) is 11.8 Å². The molecule has 1 saturated carbocycles. The molecule has 5 heteroatoms. The summed E-state index contributed by atoms with van der Waals surface area (Å²) in [6, 6.07) is -0.232. The number of likely N-dealkylation sites (N-methyl/N-ethyl adjacent to an activating group) is 1. The molecule has 1 aliphatic rings. The topological polar surface area (TPSA) is 78.4 Å². The van der Waals surface area contributed by atoms with E-state index in [1.165, 1.54) is 0 Å². The Balaban J connectivity index is 2.37. The van der Waals surface area contributed by atoms with Gasteiger partial charge in [-0.2, -0.15) is 0 Å². The quantitative estimate of drug-likeness (QED) is 0.628. The molecule has 5 nitrogen and oxygen atoms in total. The van der Waals surface area contributed by atoms with Crippen LogP contribution in [-0.2, 0) is 9.59 Å². The summed E-state index contributed by atoms with van der Waals surface area (Å²) in [5, 5.41) is 14.6. The van der Waals surface area contributed by atoms with Crippen LogP contribution in [0.2, 0.25) is 0 Å². The summed E-state index contributed by atoms with van der Waals surface area (Å²) >= 11 is 0. The van der Waals surface area contributed by atoms with Gasteiger partial charge in [-0.25, -0.2) is 0 Å². The number of hydrogen-bond acceptors (Lipinski definition) is 3. The molecule has 0 aromatic rings. The van der Waals surface area contributed by atoms with Crippen molar-refractivity contribution in [2.24, 2.45) is 11.8 Å². The molecule has 92 valence electrons. The number of rotatable bonds is 5. The average molecular weight is 228 g/mol. The van der Waals surface area contributed by atoms with Crippen LogP contribution in [0.15, 0.2) is 0 Å². The normalized spacial score (nSPS) is 26.4. The van der Waals surface area contributed by atoms with E-state index >= 15 is 0 Å². The van der Waals surface area contributed by atoms with E-state index in [4.69, 9.17) is 5.11 Å². The molecule has 3 unspecified atom stereocenters. The first kappa shape index (κ1) is 13.0. The van der Waals surface area contributed by atoms with Crippen molar-refractivity contribution in [3.63, 3.8) is 0 Å². The lowest BCUT2D eigenvalue weighted by Gasteiger charge is -2.18. The van der Waals surface area contributed by atoms with Crippen molar-refractivity contribution in [1.82, 2.24) is 10.6 Å². The molecule has 1 aliphatic carbocycles. The van der Waals surface area contributed by atoms with Crippen molar-refractivity contribution < 1.29 is 14.7 Å². The van der Waals surface area contributed by atoms with Gasteiger partial charge in [-0.05, 0) is 32.7 Å². The largest absolute Gasteiger partial charge is 0.481 e. The monoisotopic (exact) mass is 228 g/mol. The summed E-state index contributed by atoms with van der Waals surface area (Å²) in [5.41, 5.74) is 0. The number of amides is 1. The minimum absolute atomic E-state index is 0.0708. The summed E-state index contributed by atoms with van der Waals surface area (Å²) < 4.78 is 0. The smallest absolute Gasteiger partial charge is 0.306 e. The Bertz CT molecular complexity index is 268. The zero-order chi connectivity index (χ0) is 12.1. The molecule has 0 spiro atoms. The van der Waals surface area contributed by atoms with Gasteiger partial charge in [0.05, 0.1) is 12.0 Å². The third-order valence-corrected chi connectivity index (χ3v) is 3.34. The number of carboxylic acid groups (broad SMARTS) is 1. The molecule has 3 atom stereocenters. The lowest BCUT2D eigenvalue weighted by molar-refractivity contribution is -0.143. The van der Waals surface area contributed by atoms with E-state index in [-0.39, 0.29) is 23.8 Å². The zero-order valence-electron chi connectivity index (χ0n) is 9.82. The van der Waals surface area contributed by atoms with Gasteiger partial charge in [0.25, 0.3) is 0 Å². The molecule has 0 aromatic heterocycles. The molecule has 0 heterocycles. The maximum absolute atomic E-state index is 11.5. The number of carboxylic acids is 1. The van der Waals surface area contributed by atoms with Crippen molar-refractivity contribution in [3.8, 4) is 0 Å². The highest BCUT2D eigenvalue weighted by molar-refractivity contribution is 5.81. The van der Waals surface area contributed by atoms with Crippen LogP contribution in [0.1, 0.15) is 26.2 Å². The fraction of sp³-hybridized carbons (Fsp3) is 0.818. The van der Waals surface area contributed by atoms with Gasteiger partial charge in [0, 0.05) is 6.54 Å². The van der Waals surface area contributed by atoms with Gasteiger partial charge < -0.3 is 15.7 Å². The highest BCUT2D eigenvalue weighted by Crippen LogP contribution is 2.31. The van der Waals surface area contributed by atoms with Gasteiger partial charge >= 0.3 is 5.97 Å². The lowest BCUT2D eigenvalue weighted by atomic mass is 9.96. The molecule has 1 amide bonds. The van der Waals surface area contributed by atoms with Crippen molar-refractivity contribution in [2.45, 2.75) is 32.2 Å². The Kier molecular flexibility index (Phi) is 4.73. The molecule has 0 bridgehead atoms. The van der Waals surface area contributed by atoms with Crippen LogP contribution in [0.25, 0.3) is 0 Å². The number of hydrogen-bond donors (Lipinski definition) is 3. The second-order valence-electron chi connectivity index (χ2n) is 4.39. The number of carbonyl (C=O) groups excluding carboxylic acids is 1. The van der Waals surface area contributed by atoms with E-state index in [0.717, 1.165) is 19.3 Å². The average Bonchev–Trinajstić information content (AvgIpc) is 2.72. The van der Waals surface area contributed by atoms with E-state index in [2.05, 4.69) is 10.6 Å². The molecule has 1 rings (SSSR count). The van der Waals surface area contributed by atoms with Gasteiger partial charge in [0.1, 0.15) is 0 Å². The predicted molar refractivity (Wildman–Crippen MR) is 60.0 cm³/mol. The van der Waals surface area contributed by atoms with Gasteiger partial charge in [0.15, 0.2) is 0 Å². The maximum Gasteiger partial charge on any atom is 0.306 e. The first-order valence-electron chi connectivity index (χ1n) is 5.74. The molecule has 0 radical (unpaired) electrons. The van der Waals surface area contributed by atoms with Crippen LogP contribution in [0.3, 0.4) is 0 Å². The van der Waals surface area contributed by atoms with Crippen molar-refractivity contribution >= 4 is 11.9 Å². The minimum atomic E-state index is -0.738. The first-order valence-corrected chi connectivity index (χ1v) is 5.74. The molecular formula is C11H20N2O3. The van der Waals surface area contributed by atoms with E-state index < -0.39 is 5.97 Å². The van der Waals surface area contributed by atoms with Crippen LogP contribution in [0.4, 0.5) is 0 Å². The van der Waals surface area contributed by atoms with E-state index in [0.29, 0.717) is 6.54 Å². The third-order valence-electron chi connectivity index (χ3n) is 3.34. The summed E-state index contributed by atoms with van der Waals surface area (Å²) in [7, 11) is 1.72. The fourth-order valence-electron chi connectivity index (χ4n) is 2.12. The van der Waals surface area contributed by atoms with Gasteiger partial charge in [0.2, 0.25) is 5.91 Å². The Hall–Kier alpha value is -1.10. The Morgan fingerprint density at radius 1 is 1.44 bits per heavy atom. The summed E-state index contributed by atoms with van der Waals surface area (Å²) in [4.78, 5) is 22.4. The van der Waals surface area contributed by atoms with E-state index in [1.54, 1.807) is 14.0 Å². The number of aliphatic carboxylic acids is 1. The van der Waals surface area contributed by atoms with E-state index in [9.17, 15) is 9.59 Å². The van der Waals surface area contributed by atoms with Crippen molar-refractivity contribution in [1.29, 1.82) is 0 Å². The standard InChI is InChI=1S/C11H20N2O3/c1-7(12-2)10(14)13-6-8-4-3-5-9(8)11(15)16/h7-9,12H,3-6H2,1-2H3,(H,13,14)(H,15,16). The summed E-state index contributed by atoms with van der Waals surface area (Å²) in [6.45, 7) is 2.25. The van der Waals surface area contributed by atoms with Crippen LogP contribution in [-0.4, -0.2) is 36.6 Å². The molecule has 0 aliphatic heterocycles. The van der Waals surface area contributed by atoms with Gasteiger partial charge in [-0.3, -0.25) is 9.59 Å². The zero-order valence-corrected chi connectivity index (χ0v) is 9.82. The summed E-state index contributed by atoms with van der Waals surface area (Å²) in [5.74, 6) is -1.01. The molecule has 0 aromatic carbocycles. The maximum atomic E-state index is 11.5. The van der Waals surface area contributed by atoms with Gasteiger partial charge in [-0.15, -0.1) is 0 Å². The van der Waals surface area contributed by atoms with Crippen LogP contribution < -0.4 is 10.6 Å². The van der Waals surface area contributed by atoms with E-state index in [1.807, 2.05) is 0 Å². The second kappa shape index (κ2) is 5.84.